The zero-order chi connectivity index (χ0) is 9.68. The van der Waals surface area contributed by atoms with Crippen LogP contribution < -0.4 is 0 Å². The minimum atomic E-state index is -0.725. The molecule has 76 valence electrons. The number of ether oxygens (including phenoxy) is 1. The Morgan fingerprint density at radius 1 is 1.62 bits per heavy atom. The number of rotatable bonds is 3. The summed E-state index contributed by atoms with van der Waals surface area (Å²) in [5.41, 5.74) is 0. The molecule has 0 aromatic carbocycles. The second-order valence-electron chi connectivity index (χ2n) is 3.43. The van der Waals surface area contributed by atoms with Gasteiger partial charge >= 0.3 is 5.97 Å². The molecule has 0 aromatic rings. The summed E-state index contributed by atoms with van der Waals surface area (Å²) >= 11 is 0. The van der Waals surface area contributed by atoms with Gasteiger partial charge in [-0.05, 0) is 13.3 Å². The van der Waals surface area contributed by atoms with E-state index in [1.165, 1.54) is 0 Å². The van der Waals surface area contributed by atoms with Crippen LogP contribution in [-0.2, 0) is 9.53 Å². The van der Waals surface area contributed by atoms with Crippen molar-refractivity contribution in [3.05, 3.63) is 0 Å². The fourth-order valence-corrected chi connectivity index (χ4v) is 1.51. The Hall–Kier alpha value is -0.610. The van der Waals surface area contributed by atoms with Crippen molar-refractivity contribution in [2.24, 2.45) is 0 Å². The SMILES string of the molecule is CC1CCOCCN1CCC(=O)O. The van der Waals surface area contributed by atoms with Crippen LogP contribution in [-0.4, -0.2) is 48.3 Å². The predicted molar refractivity (Wildman–Crippen MR) is 48.7 cm³/mol. The Balaban J connectivity index is 2.31. The Kier molecular flexibility index (Phi) is 4.18. The summed E-state index contributed by atoms with van der Waals surface area (Å²) in [5.74, 6) is -0.725. The third-order valence-corrected chi connectivity index (χ3v) is 2.44. The van der Waals surface area contributed by atoms with E-state index in [2.05, 4.69) is 11.8 Å². The number of aliphatic carboxylic acids is 1. The van der Waals surface area contributed by atoms with E-state index in [9.17, 15) is 4.79 Å². The van der Waals surface area contributed by atoms with E-state index in [0.29, 0.717) is 12.6 Å². The predicted octanol–water partition coefficient (Wildman–Crippen LogP) is 0.572. The number of nitrogens with zero attached hydrogens (tertiary/aromatic N) is 1. The molecule has 1 fully saturated rings. The quantitative estimate of drug-likeness (QED) is 0.702. The molecule has 1 rings (SSSR count). The number of carboxylic acids is 1. The molecular weight excluding hydrogens is 170 g/mol. The molecule has 1 unspecified atom stereocenters. The van der Waals surface area contributed by atoms with Gasteiger partial charge in [-0.2, -0.15) is 0 Å². The molecule has 1 atom stereocenters. The third kappa shape index (κ3) is 3.74. The number of hydrogen-bond acceptors (Lipinski definition) is 3. The summed E-state index contributed by atoms with van der Waals surface area (Å²) in [4.78, 5) is 12.6. The van der Waals surface area contributed by atoms with Gasteiger partial charge in [0, 0.05) is 25.7 Å². The van der Waals surface area contributed by atoms with E-state index in [-0.39, 0.29) is 6.42 Å². The van der Waals surface area contributed by atoms with Gasteiger partial charge in [0.05, 0.1) is 13.0 Å². The minimum Gasteiger partial charge on any atom is -0.481 e. The van der Waals surface area contributed by atoms with Crippen molar-refractivity contribution >= 4 is 5.97 Å². The topological polar surface area (TPSA) is 49.8 Å². The van der Waals surface area contributed by atoms with Crippen molar-refractivity contribution in [2.75, 3.05) is 26.3 Å². The van der Waals surface area contributed by atoms with Crippen LogP contribution in [0.25, 0.3) is 0 Å². The molecule has 4 nitrogen and oxygen atoms in total. The van der Waals surface area contributed by atoms with E-state index in [4.69, 9.17) is 9.84 Å². The molecule has 0 aromatic heterocycles. The fraction of sp³-hybridized carbons (Fsp3) is 0.889. The second-order valence-corrected chi connectivity index (χ2v) is 3.43. The van der Waals surface area contributed by atoms with Gasteiger partial charge < -0.3 is 9.84 Å². The number of carbonyl (C=O) groups is 1. The molecule has 0 bridgehead atoms. The van der Waals surface area contributed by atoms with Crippen LogP contribution in [0, 0.1) is 0 Å². The summed E-state index contributed by atoms with van der Waals surface area (Å²) in [6, 6.07) is 0.446. The smallest absolute Gasteiger partial charge is 0.304 e. The summed E-state index contributed by atoms with van der Waals surface area (Å²) in [5, 5.41) is 8.54. The molecule has 13 heavy (non-hydrogen) atoms. The Morgan fingerprint density at radius 3 is 3.08 bits per heavy atom. The number of hydrogen-bond donors (Lipinski definition) is 1. The molecule has 0 aliphatic carbocycles. The zero-order valence-electron chi connectivity index (χ0n) is 8.03. The largest absolute Gasteiger partial charge is 0.481 e. The molecule has 1 aliphatic heterocycles. The van der Waals surface area contributed by atoms with Gasteiger partial charge in [-0.3, -0.25) is 9.69 Å². The Labute approximate surface area is 78.5 Å². The standard InChI is InChI=1S/C9H17NO3/c1-8-3-6-13-7-5-10(8)4-2-9(11)12/h8H,2-7H2,1H3,(H,11,12). The summed E-state index contributed by atoms with van der Waals surface area (Å²) in [6.07, 6.45) is 1.23. The van der Waals surface area contributed by atoms with E-state index in [1.807, 2.05) is 0 Å². The van der Waals surface area contributed by atoms with Gasteiger partial charge in [0.1, 0.15) is 0 Å². The van der Waals surface area contributed by atoms with E-state index < -0.39 is 5.97 Å². The van der Waals surface area contributed by atoms with Crippen molar-refractivity contribution in [3.63, 3.8) is 0 Å². The number of carboxylic acid groups (broad SMARTS) is 1. The molecule has 1 heterocycles. The Morgan fingerprint density at radius 2 is 2.38 bits per heavy atom. The Bertz CT molecular complexity index is 172. The van der Waals surface area contributed by atoms with Crippen LogP contribution in [0.4, 0.5) is 0 Å². The van der Waals surface area contributed by atoms with Crippen LogP contribution in [0.1, 0.15) is 19.8 Å². The lowest BCUT2D eigenvalue weighted by Gasteiger charge is -2.24. The molecule has 0 spiro atoms. The average Bonchev–Trinajstić information content (AvgIpc) is 2.27. The molecule has 4 heteroatoms. The summed E-state index contributed by atoms with van der Waals surface area (Å²) in [6.45, 7) is 5.14. The molecule has 1 N–H and O–H groups in total. The van der Waals surface area contributed by atoms with Crippen molar-refractivity contribution in [1.29, 1.82) is 0 Å². The average molecular weight is 187 g/mol. The highest BCUT2D eigenvalue weighted by molar-refractivity contribution is 5.66. The monoisotopic (exact) mass is 187 g/mol. The van der Waals surface area contributed by atoms with Crippen LogP contribution in [0.5, 0.6) is 0 Å². The lowest BCUT2D eigenvalue weighted by Crippen LogP contribution is -2.35. The highest BCUT2D eigenvalue weighted by Gasteiger charge is 2.17. The molecule has 0 saturated carbocycles. The maximum atomic E-state index is 10.4. The van der Waals surface area contributed by atoms with Gasteiger partial charge in [0.15, 0.2) is 0 Å². The van der Waals surface area contributed by atoms with Crippen LogP contribution in [0.2, 0.25) is 0 Å². The van der Waals surface area contributed by atoms with E-state index >= 15 is 0 Å². The van der Waals surface area contributed by atoms with Crippen LogP contribution in [0.3, 0.4) is 0 Å². The van der Waals surface area contributed by atoms with Gasteiger partial charge in [0.2, 0.25) is 0 Å². The van der Waals surface area contributed by atoms with E-state index in [1.54, 1.807) is 0 Å². The van der Waals surface area contributed by atoms with Gasteiger partial charge in [-0.1, -0.05) is 0 Å². The van der Waals surface area contributed by atoms with Crippen LogP contribution >= 0.6 is 0 Å². The first-order valence-corrected chi connectivity index (χ1v) is 4.73. The lowest BCUT2D eigenvalue weighted by atomic mass is 10.2. The molecule has 0 radical (unpaired) electrons. The normalized spacial score (nSPS) is 25.5. The van der Waals surface area contributed by atoms with Crippen molar-refractivity contribution in [2.45, 2.75) is 25.8 Å². The van der Waals surface area contributed by atoms with Gasteiger partial charge in [-0.25, -0.2) is 0 Å². The molecule has 1 saturated heterocycles. The highest BCUT2D eigenvalue weighted by Crippen LogP contribution is 2.08. The zero-order valence-corrected chi connectivity index (χ0v) is 8.03. The first-order chi connectivity index (χ1) is 6.20. The molecule has 1 aliphatic rings. The van der Waals surface area contributed by atoms with Crippen molar-refractivity contribution < 1.29 is 14.6 Å². The highest BCUT2D eigenvalue weighted by atomic mass is 16.5. The maximum Gasteiger partial charge on any atom is 0.304 e. The molecule has 0 amide bonds. The van der Waals surface area contributed by atoms with E-state index in [0.717, 1.165) is 26.2 Å². The first-order valence-electron chi connectivity index (χ1n) is 4.73. The van der Waals surface area contributed by atoms with Crippen molar-refractivity contribution in [3.8, 4) is 0 Å². The summed E-state index contributed by atoms with van der Waals surface area (Å²) in [7, 11) is 0. The van der Waals surface area contributed by atoms with Gasteiger partial charge in [0.25, 0.3) is 0 Å². The second kappa shape index (κ2) is 5.19. The fourth-order valence-electron chi connectivity index (χ4n) is 1.51. The van der Waals surface area contributed by atoms with Crippen LogP contribution in [0.15, 0.2) is 0 Å². The van der Waals surface area contributed by atoms with Crippen molar-refractivity contribution in [1.82, 2.24) is 4.90 Å². The minimum absolute atomic E-state index is 0.227. The van der Waals surface area contributed by atoms with Gasteiger partial charge in [-0.15, -0.1) is 0 Å². The summed E-state index contributed by atoms with van der Waals surface area (Å²) < 4.78 is 5.31. The molecular formula is C9H17NO3. The third-order valence-electron chi connectivity index (χ3n) is 2.44. The lowest BCUT2D eigenvalue weighted by molar-refractivity contribution is -0.137. The maximum absolute atomic E-state index is 10.4. The first kappa shape index (κ1) is 10.5.